The molecule has 3 heterocycles. The van der Waals surface area contributed by atoms with Crippen molar-refractivity contribution in [2.24, 2.45) is 0 Å². The number of ether oxygens (including phenoxy) is 8. The number of carbonyl (C=O) groups excluding carboxylic acids is 6. The summed E-state index contributed by atoms with van der Waals surface area (Å²) in [5.74, 6) is -4.80. The van der Waals surface area contributed by atoms with E-state index in [1.165, 1.54) is 4.68 Å². The minimum Gasteiger partial charge on any atom is -0.463 e. The molecule has 5 rings (SSSR count). The lowest BCUT2D eigenvalue weighted by Gasteiger charge is -2.44. The van der Waals surface area contributed by atoms with Crippen molar-refractivity contribution in [3.8, 4) is 5.69 Å². The number of rotatable bonds is 13. The van der Waals surface area contributed by atoms with Crippen molar-refractivity contribution >= 4 is 58.0 Å². The van der Waals surface area contributed by atoms with Crippen LogP contribution in [-0.2, 0) is 66.7 Å². The zero-order valence-electron chi connectivity index (χ0n) is 30.2. The molecule has 4 aromatic rings. The molecule has 1 fully saturated rings. The van der Waals surface area contributed by atoms with Crippen molar-refractivity contribution in [3.05, 3.63) is 60.3 Å². The van der Waals surface area contributed by atoms with Gasteiger partial charge in [-0.05, 0) is 24.3 Å². The van der Waals surface area contributed by atoms with Crippen LogP contribution in [0.25, 0.3) is 27.9 Å². The first-order valence-electron chi connectivity index (χ1n) is 16.7. The molecule has 2 aromatic heterocycles. The molecular weight excluding hydrogens is 712 g/mol. The molecule has 0 bridgehead atoms. The number of aromatic nitrogens is 4. The van der Waals surface area contributed by atoms with E-state index in [1.54, 1.807) is 48.5 Å². The summed E-state index contributed by atoms with van der Waals surface area (Å²) in [5, 5.41) is 4.76. The van der Waals surface area contributed by atoms with Gasteiger partial charge in [0, 0.05) is 41.5 Å². The normalized spacial score (nSPS) is 20.7. The third-order valence-corrected chi connectivity index (χ3v) is 7.79. The van der Waals surface area contributed by atoms with Gasteiger partial charge < -0.3 is 37.9 Å². The van der Waals surface area contributed by atoms with Gasteiger partial charge in [0.2, 0.25) is 0 Å². The molecule has 1 aliphatic rings. The van der Waals surface area contributed by atoms with E-state index in [0.717, 1.165) is 41.5 Å². The van der Waals surface area contributed by atoms with Gasteiger partial charge in [-0.25, -0.2) is 14.6 Å². The van der Waals surface area contributed by atoms with E-state index in [1.807, 2.05) is 6.07 Å². The van der Waals surface area contributed by atoms with Crippen LogP contribution < -0.4 is 0 Å². The first kappa shape index (κ1) is 39.2. The third kappa shape index (κ3) is 9.50. The molecule has 2 unspecified atom stereocenters. The molecule has 2 aromatic carbocycles. The topological polar surface area (TPSA) is 220 Å². The molecule has 18 nitrogen and oxygen atoms in total. The lowest BCUT2D eigenvalue weighted by molar-refractivity contribution is -0.312. The molecule has 7 atom stereocenters. The summed E-state index contributed by atoms with van der Waals surface area (Å²) < 4.78 is 46.6. The average molecular weight is 751 g/mol. The van der Waals surface area contributed by atoms with Crippen LogP contribution in [0.5, 0.6) is 0 Å². The van der Waals surface area contributed by atoms with Gasteiger partial charge in [0.1, 0.15) is 23.9 Å². The van der Waals surface area contributed by atoms with Gasteiger partial charge in [0.05, 0.1) is 23.3 Å². The summed E-state index contributed by atoms with van der Waals surface area (Å²) >= 11 is 0. The quantitative estimate of drug-likeness (QED) is 0.142. The van der Waals surface area contributed by atoms with Gasteiger partial charge in [-0.2, -0.15) is 5.10 Å². The molecular formula is C36H38N4O14. The lowest BCUT2D eigenvalue weighted by atomic mass is 9.98. The van der Waals surface area contributed by atoms with Crippen molar-refractivity contribution in [3.63, 3.8) is 0 Å². The summed E-state index contributed by atoms with van der Waals surface area (Å²) in [5.41, 5.74) is 2.22. The van der Waals surface area contributed by atoms with Crippen LogP contribution in [0, 0.1) is 0 Å². The number of nitrogens with zero attached hydrogens (tertiary/aromatic N) is 4. The Morgan fingerprint density at radius 2 is 1.26 bits per heavy atom. The Kier molecular flexibility index (Phi) is 12.5. The number of esters is 6. The Morgan fingerprint density at radius 1 is 0.685 bits per heavy atom. The zero-order valence-corrected chi connectivity index (χ0v) is 30.2. The van der Waals surface area contributed by atoms with Crippen LogP contribution in [0.4, 0.5) is 0 Å². The predicted octanol–water partition coefficient (Wildman–Crippen LogP) is 2.60. The van der Waals surface area contributed by atoms with E-state index >= 15 is 0 Å². The van der Waals surface area contributed by atoms with Crippen LogP contribution in [0.15, 0.2) is 54.6 Å². The van der Waals surface area contributed by atoms with E-state index in [0.29, 0.717) is 22.4 Å². The van der Waals surface area contributed by atoms with Gasteiger partial charge in [0.25, 0.3) is 0 Å². The predicted molar refractivity (Wildman–Crippen MR) is 182 cm³/mol. The largest absolute Gasteiger partial charge is 0.463 e. The van der Waals surface area contributed by atoms with Gasteiger partial charge in [-0.3, -0.25) is 28.8 Å². The second kappa shape index (κ2) is 17.2. The van der Waals surface area contributed by atoms with Crippen molar-refractivity contribution in [1.29, 1.82) is 0 Å². The molecule has 0 spiro atoms. The molecule has 54 heavy (non-hydrogen) atoms. The minimum atomic E-state index is -1.64. The fourth-order valence-corrected chi connectivity index (χ4v) is 5.85. The molecule has 0 N–H and O–H groups in total. The minimum absolute atomic E-state index is 0.0544. The molecule has 0 aliphatic carbocycles. The summed E-state index contributed by atoms with van der Waals surface area (Å²) in [4.78, 5) is 83.4. The van der Waals surface area contributed by atoms with Crippen molar-refractivity contribution in [1.82, 2.24) is 19.7 Å². The Morgan fingerprint density at radius 3 is 1.85 bits per heavy atom. The van der Waals surface area contributed by atoms with Crippen molar-refractivity contribution < 1.29 is 66.7 Å². The molecule has 0 amide bonds. The molecule has 0 saturated carbocycles. The second-order valence-corrected chi connectivity index (χ2v) is 12.1. The smallest absolute Gasteiger partial charge is 0.303 e. The molecule has 286 valence electrons. The Hall–Kier alpha value is -6.01. The van der Waals surface area contributed by atoms with E-state index < -0.39 is 91.9 Å². The Labute approximate surface area is 307 Å². The zero-order chi connectivity index (χ0) is 39.1. The molecule has 1 aliphatic heterocycles. The molecule has 18 heteroatoms. The number of hydrogen-bond acceptors (Lipinski definition) is 17. The number of fused-ring (bicyclic) bond motifs is 2. The SMILES string of the molecule is CC(=O)OC[C@@H]1O[C@H](OCC(OC(C)=O)C(OC(C)=O)c2nn(-c3ccccc3)c3nc4ccccc4nc23)[C@@H](OC(C)=O)[C@H](OC(C)=O)[C@H]1OC(C)=O. The van der Waals surface area contributed by atoms with Crippen LogP contribution >= 0.6 is 0 Å². The highest BCUT2D eigenvalue weighted by molar-refractivity contribution is 5.87. The Bertz CT molecular complexity index is 2040. The number of para-hydroxylation sites is 3. The average Bonchev–Trinajstić information content (AvgIpc) is 3.46. The van der Waals surface area contributed by atoms with Crippen molar-refractivity contribution in [2.45, 2.75) is 84.5 Å². The standard InChI is InChI=1S/C36H38N4O14/c1-18(41)47-16-28-32(51-21(4)44)33(52-22(5)45)34(53-23(6)46)36(54-28)48-17-27(49-19(2)42)31(50-20(3)43)29-30-35(38-26-15-11-10-14-25(26)37-30)40(39-29)24-12-8-7-9-13-24/h7-15,27-28,31-34,36H,16-17H2,1-6H3/t27?,28-,31?,32-,33+,34-,36-/m0/s1. The van der Waals surface area contributed by atoms with E-state index in [-0.39, 0.29) is 11.2 Å². The van der Waals surface area contributed by atoms with E-state index in [4.69, 9.17) is 53.0 Å². The number of benzene rings is 2. The number of hydrogen-bond donors (Lipinski definition) is 0. The Balaban J connectivity index is 1.59. The highest BCUT2D eigenvalue weighted by Crippen LogP contribution is 2.34. The maximum absolute atomic E-state index is 12.7. The van der Waals surface area contributed by atoms with Gasteiger partial charge in [-0.15, -0.1) is 0 Å². The van der Waals surface area contributed by atoms with Crippen LogP contribution in [0.2, 0.25) is 0 Å². The van der Waals surface area contributed by atoms with E-state index in [9.17, 15) is 28.8 Å². The lowest BCUT2D eigenvalue weighted by Crippen LogP contribution is -2.63. The molecule has 0 radical (unpaired) electrons. The first-order valence-corrected chi connectivity index (χ1v) is 16.7. The van der Waals surface area contributed by atoms with Gasteiger partial charge in [-0.1, -0.05) is 30.3 Å². The first-order chi connectivity index (χ1) is 25.7. The third-order valence-electron chi connectivity index (χ3n) is 7.79. The summed E-state index contributed by atoms with van der Waals surface area (Å²) in [6.45, 7) is 5.53. The number of carbonyl (C=O) groups is 6. The van der Waals surface area contributed by atoms with Crippen molar-refractivity contribution in [2.75, 3.05) is 13.2 Å². The maximum Gasteiger partial charge on any atom is 0.303 e. The molecule has 1 saturated heterocycles. The maximum atomic E-state index is 12.7. The second-order valence-electron chi connectivity index (χ2n) is 12.1. The van der Waals surface area contributed by atoms with Crippen LogP contribution in [0.3, 0.4) is 0 Å². The van der Waals surface area contributed by atoms with Crippen LogP contribution in [-0.4, -0.2) is 106 Å². The van der Waals surface area contributed by atoms with Gasteiger partial charge in [0.15, 0.2) is 42.5 Å². The van der Waals surface area contributed by atoms with E-state index in [2.05, 4.69) is 0 Å². The highest BCUT2D eigenvalue weighted by Gasteiger charge is 2.53. The highest BCUT2D eigenvalue weighted by atomic mass is 16.7. The monoisotopic (exact) mass is 750 g/mol. The summed E-state index contributed by atoms with van der Waals surface area (Å²) in [6, 6.07) is 16.1. The van der Waals surface area contributed by atoms with Gasteiger partial charge >= 0.3 is 35.8 Å². The fourth-order valence-electron chi connectivity index (χ4n) is 5.85. The fraction of sp³-hybridized carbons (Fsp3) is 0.417. The van der Waals surface area contributed by atoms with Crippen LogP contribution in [0.1, 0.15) is 53.3 Å². The summed E-state index contributed by atoms with van der Waals surface area (Å²) in [6.07, 6.45) is -10.4. The summed E-state index contributed by atoms with van der Waals surface area (Å²) in [7, 11) is 0.